The third-order valence-corrected chi connectivity index (χ3v) is 0. The molecule has 74 valence electrons. The van der Waals surface area contributed by atoms with Crippen molar-refractivity contribution in [1.82, 2.24) is 0 Å². The Morgan fingerprint density at radius 2 is 0.727 bits per heavy atom. The average Bonchev–Trinajstić information content (AvgIpc) is 0.722. The van der Waals surface area contributed by atoms with Gasteiger partial charge < -0.3 is 27.4 Å². The summed E-state index contributed by atoms with van der Waals surface area (Å²) in [6.45, 7) is 0. The van der Waals surface area contributed by atoms with Gasteiger partial charge in [-0.2, -0.15) is 8.42 Å². The molecule has 0 unspecified atom stereocenters. The van der Waals surface area contributed by atoms with Crippen molar-refractivity contribution in [3.05, 3.63) is 0 Å². The second kappa shape index (κ2) is 22.4. The van der Waals surface area contributed by atoms with Crippen LogP contribution in [0, 0.1) is 0 Å². The molecule has 12 N–H and O–H groups in total. The summed E-state index contributed by atoms with van der Waals surface area (Å²) in [7, 11) is -4.67. The van der Waals surface area contributed by atoms with Crippen LogP contribution in [-0.4, -0.2) is 74.5 Å². The average molecular weight is 212 g/mol. The molecule has 0 spiro atoms. The zero-order valence-electron chi connectivity index (χ0n) is 4.62. The second-order valence-corrected chi connectivity index (χ2v) is 1.34. The van der Waals surface area contributed by atoms with Crippen molar-refractivity contribution < 1.29 is 44.9 Å². The van der Waals surface area contributed by atoms with E-state index in [2.05, 4.69) is 0 Å². The van der Waals surface area contributed by atoms with Crippen LogP contribution in [0.25, 0.3) is 0 Å². The van der Waals surface area contributed by atoms with Crippen LogP contribution >= 0.6 is 0 Å². The van der Waals surface area contributed by atoms with E-state index in [0.717, 1.165) is 0 Å². The maximum atomic E-state index is 8.74. The van der Waals surface area contributed by atoms with Gasteiger partial charge in [0, 0.05) is 0 Å². The minimum absolute atomic E-state index is 0. The zero-order valence-corrected chi connectivity index (χ0v) is 5.44. The van der Waals surface area contributed by atoms with Crippen molar-refractivity contribution >= 4 is 40.0 Å². The van der Waals surface area contributed by atoms with Crippen molar-refractivity contribution in [2.45, 2.75) is 0 Å². The molecule has 0 atom stereocenters. The standard InChI is InChI=1S/Na.H2O4S.5H2O.H/c;1-5(2,3)4;;;;;;/h;(H2,1,2,3,4);5*1H2;. The van der Waals surface area contributed by atoms with Crippen molar-refractivity contribution in [3.8, 4) is 0 Å². The normalized spacial score (nSPS) is 5.27. The summed E-state index contributed by atoms with van der Waals surface area (Å²) in [5, 5.41) is 0. The number of rotatable bonds is 0. The van der Waals surface area contributed by atoms with Crippen LogP contribution in [0.5, 0.6) is 0 Å². The maximum absolute atomic E-state index is 8.74. The van der Waals surface area contributed by atoms with E-state index >= 15 is 0 Å². The second-order valence-electron chi connectivity index (χ2n) is 0.448. The molecule has 11 heavy (non-hydrogen) atoms. The molecule has 0 radical (unpaired) electrons. The third kappa shape index (κ3) is 1790. The molecule has 0 rings (SSSR count). The first-order chi connectivity index (χ1) is 2.00. The molecular formula is H13NaO9S. The van der Waals surface area contributed by atoms with E-state index in [1.54, 1.807) is 0 Å². The van der Waals surface area contributed by atoms with Crippen LogP contribution in [0.1, 0.15) is 0 Å². The van der Waals surface area contributed by atoms with Crippen molar-refractivity contribution in [2.75, 3.05) is 0 Å². The molecule has 0 heterocycles. The fourth-order valence-electron chi connectivity index (χ4n) is 0. The quantitative estimate of drug-likeness (QED) is 0.295. The van der Waals surface area contributed by atoms with E-state index in [1.807, 2.05) is 0 Å². The van der Waals surface area contributed by atoms with E-state index in [1.165, 1.54) is 0 Å². The molecule has 0 aliphatic heterocycles. The Morgan fingerprint density at radius 1 is 0.727 bits per heavy atom. The summed E-state index contributed by atoms with van der Waals surface area (Å²) >= 11 is 0. The summed E-state index contributed by atoms with van der Waals surface area (Å²) in [5.74, 6) is 0. The Bertz CT molecular complexity index is 92.7. The summed E-state index contributed by atoms with van der Waals surface area (Å²) < 4.78 is 31.6. The molecule has 11 heteroatoms. The van der Waals surface area contributed by atoms with E-state index in [9.17, 15) is 0 Å². The molecule has 0 saturated carbocycles. The van der Waals surface area contributed by atoms with E-state index in [0.29, 0.717) is 0 Å². The van der Waals surface area contributed by atoms with Gasteiger partial charge in [0.2, 0.25) is 0 Å². The van der Waals surface area contributed by atoms with E-state index < -0.39 is 10.4 Å². The van der Waals surface area contributed by atoms with Crippen LogP contribution in [0.3, 0.4) is 0 Å². The molecule has 0 aliphatic rings. The van der Waals surface area contributed by atoms with Crippen molar-refractivity contribution in [1.29, 1.82) is 0 Å². The van der Waals surface area contributed by atoms with Gasteiger partial charge in [-0.3, -0.25) is 9.11 Å². The fraction of sp³-hybridized carbons (Fsp3) is 0. The topological polar surface area (TPSA) is 232 Å². The van der Waals surface area contributed by atoms with Crippen LogP contribution in [-0.2, 0) is 10.4 Å². The van der Waals surface area contributed by atoms with Gasteiger partial charge in [0.1, 0.15) is 0 Å². The Hall–Kier alpha value is 0.670. The van der Waals surface area contributed by atoms with E-state index in [4.69, 9.17) is 17.5 Å². The zero-order chi connectivity index (χ0) is 4.50. The molecule has 0 aromatic rings. The van der Waals surface area contributed by atoms with Gasteiger partial charge in [-0.15, -0.1) is 0 Å². The number of hydrogen-bond donors (Lipinski definition) is 2. The predicted octanol–water partition coefficient (Wildman–Crippen LogP) is -5.42. The molecule has 0 saturated heterocycles. The van der Waals surface area contributed by atoms with Crippen LogP contribution in [0.4, 0.5) is 0 Å². The molecule has 0 aliphatic carbocycles. The van der Waals surface area contributed by atoms with Gasteiger partial charge in [-0.05, 0) is 0 Å². The van der Waals surface area contributed by atoms with E-state index in [-0.39, 0.29) is 56.9 Å². The summed E-state index contributed by atoms with van der Waals surface area (Å²) in [6.07, 6.45) is 0. The molecule has 0 fully saturated rings. The predicted molar refractivity (Wildman–Crippen MR) is 39.4 cm³/mol. The molecular weight excluding hydrogens is 199 g/mol. The molecule has 0 amide bonds. The Kier molecular flexibility index (Phi) is 124. The van der Waals surface area contributed by atoms with Gasteiger partial charge in [0.25, 0.3) is 0 Å². The van der Waals surface area contributed by atoms with Gasteiger partial charge in [-0.1, -0.05) is 0 Å². The molecule has 9 nitrogen and oxygen atoms in total. The Labute approximate surface area is 84.8 Å². The monoisotopic (exact) mass is 212 g/mol. The van der Waals surface area contributed by atoms with Gasteiger partial charge >= 0.3 is 40.0 Å². The van der Waals surface area contributed by atoms with Gasteiger partial charge in [0.15, 0.2) is 0 Å². The van der Waals surface area contributed by atoms with Gasteiger partial charge in [0.05, 0.1) is 0 Å². The third-order valence-electron chi connectivity index (χ3n) is 0. The van der Waals surface area contributed by atoms with Gasteiger partial charge in [-0.25, -0.2) is 0 Å². The molecule has 0 aromatic carbocycles. The summed E-state index contributed by atoms with van der Waals surface area (Å²) in [5.41, 5.74) is 0. The SMILES string of the molecule is O.O.O.O.O.O=S(=O)(O)O.[NaH]. The summed E-state index contributed by atoms with van der Waals surface area (Å²) in [4.78, 5) is 0. The van der Waals surface area contributed by atoms with Crippen LogP contribution < -0.4 is 0 Å². The van der Waals surface area contributed by atoms with Crippen molar-refractivity contribution in [2.24, 2.45) is 0 Å². The minimum atomic E-state index is -4.67. The summed E-state index contributed by atoms with van der Waals surface area (Å²) in [6, 6.07) is 0. The molecule has 0 aromatic heterocycles. The van der Waals surface area contributed by atoms with Crippen LogP contribution in [0.2, 0.25) is 0 Å². The Morgan fingerprint density at radius 3 is 0.727 bits per heavy atom. The molecule has 0 bridgehead atoms. The Balaban J connectivity index is -0.00000000533. The first-order valence-electron chi connectivity index (χ1n) is 0.698. The number of hydrogen-bond acceptors (Lipinski definition) is 2. The van der Waals surface area contributed by atoms with Crippen LogP contribution in [0.15, 0.2) is 0 Å². The van der Waals surface area contributed by atoms with Crippen molar-refractivity contribution in [3.63, 3.8) is 0 Å². The first-order valence-corrected chi connectivity index (χ1v) is 2.10. The first kappa shape index (κ1) is 60.9. The fourth-order valence-corrected chi connectivity index (χ4v) is 0.